The third-order valence-corrected chi connectivity index (χ3v) is 4.39. The lowest BCUT2D eigenvalue weighted by molar-refractivity contribution is -0.123. The van der Waals surface area contributed by atoms with E-state index in [-0.39, 0.29) is 5.91 Å². The first-order chi connectivity index (χ1) is 10.3. The maximum absolute atomic E-state index is 11.8. The van der Waals surface area contributed by atoms with Crippen LogP contribution in [0.3, 0.4) is 0 Å². The molecular formula is C16H31N3O2. The molecule has 0 atom stereocenters. The highest BCUT2D eigenvalue weighted by Crippen LogP contribution is 2.09. The number of unbranched alkanes of at least 4 members (excludes halogenated alkanes) is 2. The molecule has 0 aromatic rings. The molecule has 2 fully saturated rings. The molecule has 21 heavy (non-hydrogen) atoms. The van der Waals surface area contributed by atoms with Gasteiger partial charge in [-0.05, 0) is 45.3 Å². The number of piperidine rings is 1. The first-order valence-corrected chi connectivity index (χ1v) is 8.64. The Morgan fingerprint density at radius 1 is 0.905 bits per heavy atom. The van der Waals surface area contributed by atoms with Crippen LogP contribution in [0.1, 0.15) is 38.5 Å². The Labute approximate surface area is 129 Å². The van der Waals surface area contributed by atoms with Gasteiger partial charge >= 0.3 is 0 Å². The summed E-state index contributed by atoms with van der Waals surface area (Å²) in [5.41, 5.74) is 0. The first-order valence-electron chi connectivity index (χ1n) is 8.64. The van der Waals surface area contributed by atoms with Crippen LogP contribution < -0.4 is 5.32 Å². The fourth-order valence-corrected chi connectivity index (χ4v) is 3.07. The van der Waals surface area contributed by atoms with E-state index in [0.29, 0.717) is 6.54 Å². The van der Waals surface area contributed by atoms with E-state index in [2.05, 4.69) is 15.1 Å². The number of hydrogen-bond acceptors (Lipinski definition) is 4. The molecule has 0 unspecified atom stereocenters. The van der Waals surface area contributed by atoms with Gasteiger partial charge in [0.05, 0.1) is 19.8 Å². The van der Waals surface area contributed by atoms with Gasteiger partial charge in [0.1, 0.15) is 0 Å². The molecule has 5 heteroatoms. The molecule has 2 saturated heterocycles. The molecule has 122 valence electrons. The third-order valence-electron chi connectivity index (χ3n) is 4.39. The maximum atomic E-state index is 11.8. The summed E-state index contributed by atoms with van der Waals surface area (Å²) in [6, 6.07) is 0. The second kappa shape index (κ2) is 10.1. The lowest BCUT2D eigenvalue weighted by Gasteiger charge is -2.26. The predicted molar refractivity (Wildman–Crippen MR) is 84.4 cm³/mol. The van der Waals surface area contributed by atoms with Gasteiger partial charge in [0.15, 0.2) is 0 Å². The van der Waals surface area contributed by atoms with Gasteiger partial charge in [-0.25, -0.2) is 0 Å². The van der Waals surface area contributed by atoms with Crippen LogP contribution in [-0.4, -0.2) is 74.7 Å². The van der Waals surface area contributed by atoms with Crippen molar-refractivity contribution >= 4 is 5.91 Å². The summed E-state index contributed by atoms with van der Waals surface area (Å²) >= 11 is 0. The lowest BCUT2D eigenvalue weighted by atomic mass is 10.1. The molecule has 0 aromatic carbocycles. The molecule has 1 amide bonds. The van der Waals surface area contributed by atoms with E-state index < -0.39 is 0 Å². The highest BCUT2D eigenvalue weighted by Gasteiger charge is 2.13. The Morgan fingerprint density at radius 3 is 2.43 bits per heavy atom. The quantitative estimate of drug-likeness (QED) is 0.681. The number of carbonyl (C=O) groups is 1. The number of rotatable bonds is 8. The van der Waals surface area contributed by atoms with E-state index in [1.54, 1.807) is 0 Å². The van der Waals surface area contributed by atoms with Crippen LogP contribution in [0.15, 0.2) is 0 Å². The number of ether oxygens (including phenoxy) is 1. The van der Waals surface area contributed by atoms with Crippen LogP contribution in [0.25, 0.3) is 0 Å². The van der Waals surface area contributed by atoms with E-state index in [1.807, 2.05) is 0 Å². The van der Waals surface area contributed by atoms with E-state index in [1.165, 1.54) is 51.7 Å². The van der Waals surface area contributed by atoms with Crippen molar-refractivity contribution in [2.24, 2.45) is 0 Å². The Morgan fingerprint density at radius 2 is 1.67 bits per heavy atom. The van der Waals surface area contributed by atoms with Crippen molar-refractivity contribution in [3.8, 4) is 0 Å². The summed E-state index contributed by atoms with van der Waals surface area (Å²) in [4.78, 5) is 16.5. The van der Waals surface area contributed by atoms with Gasteiger partial charge in [-0.1, -0.05) is 12.8 Å². The number of hydrogen-bond donors (Lipinski definition) is 1. The molecule has 2 aliphatic heterocycles. The molecule has 0 spiro atoms. The van der Waals surface area contributed by atoms with Crippen LogP contribution in [0, 0.1) is 0 Å². The topological polar surface area (TPSA) is 44.8 Å². The molecule has 2 rings (SSSR count). The molecule has 5 nitrogen and oxygen atoms in total. The van der Waals surface area contributed by atoms with Gasteiger partial charge in [-0.3, -0.25) is 9.69 Å². The molecular weight excluding hydrogens is 266 g/mol. The summed E-state index contributed by atoms with van der Waals surface area (Å²) in [6.45, 7) is 8.43. The molecule has 0 saturated carbocycles. The molecule has 0 bridgehead atoms. The summed E-state index contributed by atoms with van der Waals surface area (Å²) < 4.78 is 5.28. The Balaban J connectivity index is 1.41. The second-order valence-corrected chi connectivity index (χ2v) is 6.20. The first kappa shape index (κ1) is 16.7. The highest BCUT2D eigenvalue weighted by molar-refractivity contribution is 5.77. The van der Waals surface area contributed by atoms with Crippen LogP contribution in [-0.2, 0) is 9.53 Å². The van der Waals surface area contributed by atoms with E-state index in [0.717, 1.165) is 39.3 Å². The molecule has 0 radical (unpaired) electrons. The van der Waals surface area contributed by atoms with Crippen molar-refractivity contribution < 1.29 is 9.53 Å². The zero-order valence-electron chi connectivity index (χ0n) is 13.3. The molecule has 2 aliphatic rings. The predicted octanol–water partition coefficient (Wildman–Crippen LogP) is 1.09. The van der Waals surface area contributed by atoms with E-state index in [9.17, 15) is 4.79 Å². The van der Waals surface area contributed by atoms with Gasteiger partial charge in [-0.15, -0.1) is 0 Å². The monoisotopic (exact) mass is 297 g/mol. The molecule has 1 N–H and O–H groups in total. The fourth-order valence-electron chi connectivity index (χ4n) is 3.07. The Kier molecular flexibility index (Phi) is 8.07. The van der Waals surface area contributed by atoms with E-state index in [4.69, 9.17) is 4.74 Å². The standard InChI is InChI=1S/C16H31N3O2/c20-16(15-19-11-13-21-14-12-19)17-7-3-1-4-8-18-9-5-2-6-10-18/h1-15H2,(H,17,20). The van der Waals surface area contributed by atoms with Crippen molar-refractivity contribution in [2.45, 2.75) is 38.5 Å². The fraction of sp³-hybridized carbons (Fsp3) is 0.938. The zero-order chi connectivity index (χ0) is 14.8. The average molecular weight is 297 g/mol. The Bertz CT molecular complexity index is 287. The minimum atomic E-state index is 0.160. The normalized spacial score (nSPS) is 21.3. The van der Waals surface area contributed by atoms with Crippen molar-refractivity contribution in [1.29, 1.82) is 0 Å². The summed E-state index contributed by atoms with van der Waals surface area (Å²) in [7, 11) is 0. The number of nitrogens with zero attached hydrogens (tertiary/aromatic N) is 2. The van der Waals surface area contributed by atoms with Crippen molar-refractivity contribution in [3.05, 3.63) is 0 Å². The summed E-state index contributed by atoms with van der Waals surface area (Å²) in [5.74, 6) is 0.160. The van der Waals surface area contributed by atoms with Crippen LogP contribution in [0.5, 0.6) is 0 Å². The van der Waals surface area contributed by atoms with Crippen LogP contribution >= 0.6 is 0 Å². The number of likely N-dealkylation sites (tertiary alicyclic amines) is 1. The highest BCUT2D eigenvalue weighted by atomic mass is 16.5. The number of nitrogens with one attached hydrogen (secondary N) is 1. The van der Waals surface area contributed by atoms with Gasteiger partial charge in [0.25, 0.3) is 0 Å². The summed E-state index contributed by atoms with van der Waals surface area (Å²) in [6.07, 6.45) is 7.73. The SMILES string of the molecule is O=C(CN1CCOCC1)NCCCCCN1CCCCC1. The van der Waals surface area contributed by atoms with Gasteiger partial charge in [-0.2, -0.15) is 0 Å². The minimum absolute atomic E-state index is 0.160. The lowest BCUT2D eigenvalue weighted by Crippen LogP contribution is -2.43. The summed E-state index contributed by atoms with van der Waals surface area (Å²) in [5, 5.41) is 3.03. The molecule has 0 aromatic heterocycles. The van der Waals surface area contributed by atoms with Gasteiger partial charge in [0, 0.05) is 19.6 Å². The average Bonchev–Trinajstić information content (AvgIpc) is 2.53. The third kappa shape index (κ3) is 7.25. The minimum Gasteiger partial charge on any atom is -0.379 e. The zero-order valence-corrected chi connectivity index (χ0v) is 13.3. The maximum Gasteiger partial charge on any atom is 0.234 e. The molecule has 2 heterocycles. The number of amides is 1. The second-order valence-electron chi connectivity index (χ2n) is 6.20. The van der Waals surface area contributed by atoms with Crippen molar-refractivity contribution in [3.63, 3.8) is 0 Å². The smallest absolute Gasteiger partial charge is 0.234 e. The van der Waals surface area contributed by atoms with Crippen LogP contribution in [0.2, 0.25) is 0 Å². The number of morpholine rings is 1. The molecule has 0 aliphatic carbocycles. The van der Waals surface area contributed by atoms with Crippen molar-refractivity contribution in [2.75, 3.05) is 59.0 Å². The number of carbonyl (C=O) groups excluding carboxylic acids is 1. The Hall–Kier alpha value is -0.650. The largest absolute Gasteiger partial charge is 0.379 e. The van der Waals surface area contributed by atoms with Crippen LogP contribution in [0.4, 0.5) is 0 Å². The van der Waals surface area contributed by atoms with E-state index >= 15 is 0 Å². The van der Waals surface area contributed by atoms with Crippen molar-refractivity contribution in [1.82, 2.24) is 15.1 Å². The van der Waals surface area contributed by atoms with Gasteiger partial charge in [0.2, 0.25) is 5.91 Å². The van der Waals surface area contributed by atoms with Gasteiger partial charge < -0.3 is 15.0 Å².